The maximum absolute atomic E-state index is 12.9. The van der Waals surface area contributed by atoms with Crippen LogP contribution in [0.5, 0.6) is 0 Å². The molecule has 0 saturated heterocycles. The second-order valence-corrected chi connectivity index (χ2v) is 9.77. The van der Waals surface area contributed by atoms with Gasteiger partial charge in [-0.2, -0.15) is 5.16 Å². The van der Waals surface area contributed by atoms with Crippen molar-refractivity contribution in [3.63, 3.8) is 0 Å². The number of carbonyl (C=O) groups excluding carboxylic acids is 2. The van der Waals surface area contributed by atoms with E-state index in [1.54, 1.807) is 24.3 Å². The Bertz CT molecular complexity index is 1270. The van der Waals surface area contributed by atoms with Crippen LogP contribution in [-0.4, -0.2) is 21.3 Å². The maximum atomic E-state index is 12.9. The van der Waals surface area contributed by atoms with E-state index in [2.05, 4.69) is 10.6 Å². The lowest BCUT2D eigenvalue weighted by Gasteiger charge is -2.10. The molecule has 32 heavy (non-hydrogen) atoms. The van der Waals surface area contributed by atoms with Crippen LogP contribution in [-0.2, 0) is 4.79 Å². The topological polar surface area (TPSA) is 104 Å². The molecule has 7 nitrogen and oxygen atoms in total. The third-order valence-electron chi connectivity index (χ3n) is 4.81. The third kappa shape index (κ3) is 4.63. The minimum absolute atomic E-state index is 0.190. The molecule has 1 saturated carbocycles. The number of anilines is 2. The zero-order valence-electron chi connectivity index (χ0n) is 15.7. The summed E-state index contributed by atoms with van der Waals surface area (Å²) in [7, 11) is 0. The van der Waals surface area contributed by atoms with Gasteiger partial charge < -0.3 is 15.2 Å². The standard InChI is InChI=1S/C20H12Cl5N3O4/c21-9-3-8(4-10(22)5-9)16-17(20(16,24)25)19(31)26-11-1-2-12(23)13(6-11)27-18(30)14-7-15(29)28-32-14/h1-7,16-17H,(H,26,31)(H,27,30)(H,28,29). The molecule has 12 heteroatoms. The van der Waals surface area contributed by atoms with E-state index in [1.807, 2.05) is 5.16 Å². The first-order valence-corrected chi connectivity index (χ1v) is 10.9. The molecule has 1 fully saturated rings. The van der Waals surface area contributed by atoms with Crippen molar-refractivity contribution in [2.45, 2.75) is 10.3 Å². The SMILES string of the molecule is O=C(Nc1cc(NC(=O)C2C(c3cc(Cl)cc(Cl)c3)C2(Cl)Cl)ccc1Cl)c1cc(=O)[nH]o1. The van der Waals surface area contributed by atoms with Gasteiger partial charge in [-0.3, -0.25) is 14.4 Å². The van der Waals surface area contributed by atoms with Gasteiger partial charge in [-0.1, -0.05) is 34.8 Å². The zero-order chi connectivity index (χ0) is 23.2. The van der Waals surface area contributed by atoms with Crippen molar-refractivity contribution >= 4 is 81.2 Å². The van der Waals surface area contributed by atoms with Gasteiger partial charge in [0.05, 0.1) is 22.7 Å². The summed E-state index contributed by atoms with van der Waals surface area (Å²) in [6.07, 6.45) is 0. The lowest BCUT2D eigenvalue weighted by atomic mass is 10.1. The normalized spacial score (nSPS) is 18.8. The maximum Gasteiger partial charge on any atom is 0.294 e. The summed E-state index contributed by atoms with van der Waals surface area (Å²) in [5.74, 6) is -2.63. The van der Waals surface area contributed by atoms with Gasteiger partial charge in [-0.15, -0.1) is 23.2 Å². The van der Waals surface area contributed by atoms with Gasteiger partial charge in [0.25, 0.3) is 11.5 Å². The number of alkyl halides is 2. The Morgan fingerprint density at radius 2 is 1.66 bits per heavy atom. The number of aromatic nitrogens is 1. The summed E-state index contributed by atoms with van der Waals surface area (Å²) in [5.41, 5.74) is 0.608. The van der Waals surface area contributed by atoms with E-state index >= 15 is 0 Å². The number of hydrogen-bond acceptors (Lipinski definition) is 4. The van der Waals surface area contributed by atoms with Gasteiger partial charge in [0.1, 0.15) is 4.33 Å². The Balaban J connectivity index is 1.50. The second-order valence-electron chi connectivity index (χ2n) is 7.05. The van der Waals surface area contributed by atoms with E-state index in [-0.39, 0.29) is 16.5 Å². The van der Waals surface area contributed by atoms with Crippen molar-refractivity contribution < 1.29 is 14.1 Å². The van der Waals surface area contributed by atoms with Crippen molar-refractivity contribution in [2.75, 3.05) is 10.6 Å². The van der Waals surface area contributed by atoms with E-state index in [1.165, 1.54) is 12.1 Å². The molecule has 0 aliphatic heterocycles. The molecule has 1 aromatic heterocycles. The summed E-state index contributed by atoms with van der Waals surface area (Å²) < 4.78 is 3.42. The summed E-state index contributed by atoms with van der Waals surface area (Å²) in [5, 5.41) is 8.24. The predicted octanol–water partition coefficient (Wildman–Crippen LogP) is 5.71. The molecule has 2 aromatic carbocycles. The molecule has 1 aliphatic carbocycles. The Hall–Kier alpha value is -2.16. The number of H-pyrrole nitrogens is 1. The first-order chi connectivity index (χ1) is 15.1. The largest absolute Gasteiger partial charge is 0.373 e. The Kier molecular flexibility index (Phi) is 6.22. The number of benzene rings is 2. The van der Waals surface area contributed by atoms with Crippen molar-refractivity contribution in [1.82, 2.24) is 5.16 Å². The number of rotatable bonds is 5. The third-order valence-corrected chi connectivity index (χ3v) is 6.52. The fraction of sp³-hybridized carbons (Fsp3) is 0.150. The van der Waals surface area contributed by atoms with Crippen LogP contribution in [0.3, 0.4) is 0 Å². The smallest absolute Gasteiger partial charge is 0.294 e. The molecule has 2 atom stereocenters. The molecule has 2 amide bonds. The van der Waals surface area contributed by atoms with Gasteiger partial charge in [-0.05, 0) is 42.0 Å². The number of hydrogen-bond donors (Lipinski definition) is 3. The summed E-state index contributed by atoms with van der Waals surface area (Å²) >= 11 is 31.0. The van der Waals surface area contributed by atoms with Crippen molar-refractivity contribution in [1.29, 1.82) is 0 Å². The Morgan fingerprint density at radius 3 is 2.28 bits per heavy atom. The van der Waals surface area contributed by atoms with Gasteiger partial charge in [-0.25, -0.2) is 0 Å². The minimum atomic E-state index is -1.34. The van der Waals surface area contributed by atoms with E-state index in [0.717, 1.165) is 6.07 Å². The van der Waals surface area contributed by atoms with Crippen molar-refractivity contribution in [3.05, 3.63) is 79.2 Å². The van der Waals surface area contributed by atoms with E-state index < -0.39 is 33.5 Å². The van der Waals surface area contributed by atoms with Gasteiger partial charge in [0, 0.05) is 21.7 Å². The molecule has 0 spiro atoms. The van der Waals surface area contributed by atoms with E-state index in [4.69, 9.17) is 62.5 Å². The average Bonchev–Trinajstić information content (AvgIpc) is 3.02. The molecule has 0 radical (unpaired) electrons. The quantitative estimate of drug-likeness (QED) is 0.364. The van der Waals surface area contributed by atoms with Crippen LogP contribution in [0.2, 0.25) is 15.1 Å². The van der Waals surface area contributed by atoms with Crippen molar-refractivity contribution in [3.8, 4) is 0 Å². The second kappa shape index (κ2) is 8.65. The number of halogens is 5. The summed E-state index contributed by atoms with van der Waals surface area (Å²) in [6.45, 7) is 0. The van der Waals surface area contributed by atoms with E-state index in [9.17, 15) is 14.4 Å². The molecule has 1 aliphatic rings. The van der Waals surface area contributed by atoms with Crippen LogP contribution in [0.1, 0.15) is 22.0 Å². The first-order valence-electron chi connectivity index (χ1n) is 9.00. The van der Waals surface area contributed by atoms with Crippen molar-refractivity contribution in [2.24, 2.45) is 5.92 Å². The number of nitrogens with one attached hydrogen (secondary N) is 3. The fourth-order valence-electron chi connectivity index (χ4n) is 3.32. The summed E-state index contributed by atoms with van der Waals surface area (Å²) in [6, 6.07) is 10.3. The van der Waals surface area contributed by atoms with Crippen LogP contribution >= 0.6 is 58.0 Å². The Labute approximate surface area is 205 Å². The minimum Gasteiger partial charge on any atom is -0.373 e. The molecule has 4 rings (SSSR count). The lowest BCUT2D eigenvalue weighted by molar-refractivity contribution is -0.117. The first kappa shape index (κ1) is 23.0. The number of amides is 2. The molecule has 3 N–H and O–H groups in total. The van der Waals surface area contributed by atoms with Gasteiger partial charge in [0.2, 0.25) is 11.7 Å². The molecule has 2 unspecified atom stereocenters. The molecular formula is C20H12Cl5N3O4. The number of carbonyl (C=O) groups is 2. The van der Waals surface area contributed by atoms with Crippen LogP contribution in [0.4, 0.5) is 11.4 Å². The molecule has 166 valence electrons. The van der Waals surface area contributed by atoms with Crippen LogP contribution < -0.4 is 16.2 Å². The van der Waals surface area contributed by atoms with Gasteiger partial charge in [0.15, 0.2) is 0 Å². The van der Waals surface area contributed by atoms with Crippen LogP contribution in [0.25, 0.3) is 0 Å². The molecule has 1 heterocycles. The number of aromatic amines is 1. The zero-order valence-corrected chi connectivity index (χ0v) is 19.5. The predicted molar refractivity (Wildman–Crippen MR) is 124 cm³/mol. The lowest BCUT2D eigenvalue weighted by Crippen LogP contribution is -2.17. The fourth-order valence-corrected chi connectivity index (χ4v) is 4.86. The highest BCUT2D eigenvalue weighted by molar-refractivity contribution is 6.53. The highest BCUT2D eigenvalue weighted by atomic mass is 35.5. The van der Waals surface area contributed by atoms with Gasteiger partial charge >= 0.3 is 0 Å². The Morgan fingerprint density at radius 1 is 0.969 bits per heavy atom. The highest BCUT2D eigenvalue weighted by Gasteiger charge is 2.67. The van der Waals surface area contributed by atoms with Crippen LogP contribution in [0, 0.1) is 5.92 Å². The van der Waals surface area contributed by atoms with Crippen LogP contribution in [0.15, 0.2) is 51.8 Å². The molecule has 0 bridgehead atoms. The average molecular weight is 536 g/mol. The highest BCUT2D eigenvalue weighted by Crippen LogP contribution is 2.65. The summed E-state index contributed by atoms with van der Waals surface area (Å²) in [4.78, 5) is 36.2. The molecular weight excluding hydrogens is 524 g/mol. The molecule has 3 aromatic rings. The van der Waals surface area contributed by atoms with E-state index in [0.29, 0.717) is 21.3 Å². The monoisotopic (exact) mass is 533 g/mol.